The van der Waals surface area contributed by atoms with Crippen LogP contribution in [0.2, 0.25) is 5.02 Å². The van der Waals surface area contributed by atoms with Gasteiger partial charge in [0.2, 0.25) is 5.91 Å². The predicted octanol–water partition coefficient (Wildman–Crippen LogP) is 3.71. The number of rotatable bonds is 5. The summed E-state index contributed by atoms with van der Waals surface area (Å²) >= 11 is 5.90. The lowest BCUT2D eigenvalue weighted by Crippen LogP contribution is -2.53. The van der Waals surface area contributed by atoms with Crippen molar-refractivity contribution in [2.24, 2.45) is 0 Å². The number of nitrogens with one attached hydrogen (secondary N) is 1. The number of halogens is 1. The minimum atomic E-state index is -0.198. The third kappa shape index (κ3) is 5.00. The van der Waals surface area contributed by atoms with E-state index in [0.717, 1.165) is 49.2 Å². The summed E-state index contributed by atoms with van der Waals surface area (Å²) in [6, 6.07) is 9.02. The van der Waals surface area contributed by atoms with Gasteiger partial charge in [0.05, 0.1) is 6.04 Å². The average Bonchev–Trinajstić information content (AvgIpc) is 2.68. The van der Waals surface area contributed by atoms with E-state index < -0.39 is 0 Å². The number of benzene rings is 1. The molecular formula is C21H28ClN5O. The number of hydrogen-bond donors (Lipinski definition) is 1. The Morgan fingerprint density at radius 3 is 2.32 bits per heavy atom. The van der Waals surface area contributed by atoms with E-state index in [1.54, 1.807) is 12.1 Å². The molecule has 1 aromatic heterocycles. The SMILES string of the molecule is Cc1cc(N2CCN(C(C)C(=O)Nc3ccc(Cl)cc3)CC2)nc(C(C)C)n1. The van der Waals surface area contributed by atoms with Crippen molar-refractivity contribution in [2.45, 2.75) is 39.7 Å². The Labute approximate surface area is 171 Å². The van der Waals surface area contributed by atoms with Crippen LogP contribution in [0.15, 0.2) is 30.3 Å². The number of hydrogen-bond acceptors (Lipinski definition) is 5. The van der Waals surface area contributed by atoms with Crippen molar-refractivity contribution in [1.29, 1.82) is 0 Å². The maximum absolute atomic E-state index is 12.6. The summed E-state index contributed by atoms with van der Waals surface area (Å²) in [6.07, 6.45) is 0. The van der Waals surface area contributed by atoms with Crippen molar-refractivity contribution in [2.75, 3.05) is 36.4 Å². The van der Waals surface area contributed by atoms with Crippen molar-refractivity contribution in [3.8, 4) is 0 Å². The van der Waals surface area contributed by atoms with Crippen LogP contribution >= 0.6 is 11.6 Å². The molecule has 0 bridgehead atoms. The maximum atomic E-state index is 12.6. The van der Waals surface area contributed by atoms with Crippen LogP contribution < -0.4 is 10.2 Å². The van der Waals surface area contributed by atoms with Crippen LogP contribution in [0.5, 0.6) is 0 Å². The fourth-order valence-corrected chi connectivity index (χ4v) is 3.40. The maximum Gasteiger partial charge on any atom is 0.241 e. The molecule has 1 amide bonds. The number of anilines is 2. The van der Waals surface area contributed by atoms with Gasteiger partial charge in [-0.15, -0.1) is 0 Å². The summed E-state index contributed by atoms with van der Waals surface area (Å²) in [6.45, 7) is 11.5. The number of piperazine rings is 1. The molecule has 1 unspecified atom stereocenters. The Bertz CT molecular complexity index is 816. The topological polar surface area (TPSA) is 61.4 Å². The molecule has 3 rings (SSSR count). The summed E-state index contributed by atoms with van der Waals surface area (Å²) in [5.74, 6) is 2.16. The van der Waals surface area contributed by atoms with Crippen molar-refractivity contribution in [3.63, 3.8) is 0 Å². The van der Waals surface area contributed by atoms with Crippen LogP contribution in [-0.2, 0) is 4.79 Å². The van der Waals surface area contributed by atoms with E-state index in [-0.39, 0.29) is 11.9 Å². The number of amides is 1. The largest absolute Gasteiger partial charge is 0.354 e. The molecular weight excluding hydrogens is 374 g/mol. The predicted molar refractivity (Wildman–Crippen MR) is 114 cm³/mol. The molecule has 7 heteroatoms. The van der Waals surface area contributed by atoms with Gasteiger partial charge in [0.25, 0.3) is 0 Å². The summed E-state index contributed by atoms with van der Waals surface area (Å²) < 4.78 is 0. The summed E-state index contributed by atoms with van der Waals surface area (Å²) in [7, 11) is 0. The van der Waals surface area contributed by atoms with Crippen molar-refractivity contribution < 1.29 is 4.79 Å². The van der Waals surface area contributed by atoms with Crippen LogP contribution in [-0.4, -0.2) is 53.0 Å². The third-order valence-electron chi connectivity index (χ3n) is 5.05. The Morgan fingerprint density at radius 2 is 1.71 bits per heavy atom. The quantitative estimate of drug-likeness (QED) is 0.827. The second-order valence-electron chi connectivity index (χ2n) is 7.58. The molecule has 1 aliphatic heterocycles. The highest BCUT2D eigenvalue weighted by atomic mass is 35.5. The number of nitrogens with zero attached hydrogens (tertiary/aromatic N) is 4. The van der Waals surface area contributed by atoms with Crippen molar-refractivity contribution in [3.05, 3.63) is 46.9 Å². The van der Waals surface area contributed by atoms with Gasteiger partial charge in [-0.2, -0.15) is 0 Å². The van der Waals surface area contributed by atoms with Crippen molar-refractivity contribution >= 4 is 29.0 Å². The lowest BCUT2D eigenvalue weighted by molar-refractivity contribution is -0.120. The lowest BCUT2D eigenvalue weighted by Gasteiger charge is -2.38. The minimum absolute atomic E-state index is 0.00394. The number of aryl methyl sites for hydroxylation is 1. The molecule has 1 saturated heterocycles. The molecule has 0 spiro atoms. The van der Waals surface area contributed by atoms with Crippen molar-refractivity contribution in [1.82, 2.24) is 14.9 Å². The average molecular weight is 402 g/mol. The number of carbonyl (C=O) groups excluding carboxylic acids is 1. The first-order chi connectivity index (χ1) is 13.3. The molecule has 28 heavy (non-hydrogen) atoms. The van der Waals surface area contributed by atoms with E-state index in [4.69, 9.17) is 16.6 Å². The Hall–Kier alpha value is -2.18. The molecule has 1 atom stereocenters. The fraction of sp³-hybridized carbons (Fsp3) is 0.476. The molecule has 1 aromatic carbocycles. The molecule has 6 nitrogen and oxygen atoms in total. The molecule has 2 aromatic rings. The highest BCUT2D eigenvalue weighted by Gasteiger charge is 2.26. The van der Waals surface area contributed by atoms with Gasteiger partial charge in [0.15, 0.2) is 0 Å². The van der Waals surface area contributed by atoms with Crippen LogP contribution in [0.25, 0.3) is 0 Å². The van der Waals surface area contributed by atoms with Gasteiger partial charge in [-0.05, 0) is 38.1 Å². The summed E-state index contributed by atoms with van der Waals surface area (Å²) in [5, 5.41) is 3.62. The smallest absolute Gasteiger partial charge is 0.241 e. The summed E-state index contributed by atoms with van der Waals surface area (Å²) in [5.41, 5.74) is 1.75. The van der Waals surface area contributed by atoms with E-state index in [2.05, 4.69) is 33.9 Å². The van der Waals surface area contributed by atoms with Gasteiger partial charge in [0.1, 0.15) is 11.6 Å². The normalized spacial score (nSPS) is 16.3. The lowest BCUT2D eigenvalue weighted by atomic mass is 10.2. The molecule has 0 saturated carbocycles. The second kappa shape index (κ2) is 8.88. The fourth-order valence-electron chi connectivity index (χ4n) is 3.28. The molecule has 1 N–H and O–H groups in total. The molecule has 2 heterocycles. The second-order valence-corrected chi connectivity index (χ2v) is 8.01. The van der Waals surface area contributed by atoms with Crippen LogP contribution in [0.1, 0.15) is 38.2 Å². The Balaban J connectivity index is 1.58. The zero-order valence-electron chi connectivity index (χ0n) is 16.9. The zero-order chi connectivity index (χ0) is 20.3. The van der Waals surface area contributed by atoms with Gasteiger partial charge in [-0.1, -0.05) is 25.4 Å². The first-order valence-corrected chi connectivity index (χ1v) is 10.1. The molecule has 1 aliphatic rings. The van der Waals surface area contributed by atoms with E-state index >= 15 is 0 Å². The molecule has 0 radical (unpaired) electrons. The highest BCUT2D eigenvalue weighted by Crippen LogP contribution is 2.20. The van der Waals surface area contributed by atoms with Crippen LogP contribution in [0.3, 0.4) is 0 Å². The van der Waals surface area contributed by atoms with Gasteiger partial charge in [-0.3, -0.25) is 9.69 Å². The Morgan fingerprint density at radius 1 is 1.07 bits per heavy atom. The van der Waals surface area contributed by atoms with E-state index in [1.165, 1.54) is 0 Å². The number of carbonyl (C=O) groups is 1. The van der Waals surface area contributed by atoms with E-state index in [1.807, 2.05) is 32.0 Å². The minimum Gasteiger partial charge on any atom is -0.354 e. The third-order valence-corrected chi connectivity index (χ3v) is 5.30. The van der Waals surface area contributed by atoms with Gasteiger partial charge >= 0.3 is 0 Å². The standard InChI is InChI=1S/C21H28ClN5O/c1-14(2)20-23-15(3)13-19(25-20)27-11-9-26(10-12-27)16(4)21(28)24-18-7-5-17(22)6-8-18/h5-8,13-14,16H,9-12H2,1-4H3,(H,24,28). The van der Waals surface area contributed by atoms with E-state index in [9.17, 15) is 4.79 Å². The van der Waals surface area contributed by atoms with Gasteiger partial charge in [-0.25, -0.2) is 9.97 Å². The monoisotopic (exact) mass is 401 g/mol. The molecule has 1 fully saturated rings. The number of aromatic nitrogens is 2. The van der Waals surface area contributed by atoms with Gasteiger partial charge < -0.3 is 10.2 Å². The van der Waals surface area contributed by atoms with E-state index in [0.29, 0.717) is 10.9 Å². The first-order valence-electron chi connectivity index (χ1n) is 9.74. The Kier molecular flexibility index (Phi) is 6.52. The summed E-state index contributed by atoms with van der Waals surface area (Å²) in [4.78, 5) is 26.3. The first kappa shape index (κ1) is 20.6. The molecule has 0 aliphatic carbocycles. The van der Waals surface area contributed by atoms with Crippen LogP contribution in [0.4, 0.5) is 11.5 Å². The van der Waals surface area contributed by atoms with Crippen LogP contribution in [0, 0.1) is 6.92 Å². The zero-order valence-corrected chi connectivity index (χ0v) is 17.7. The van der Waals surface area contributed by atoms with Gasteiger partial charge in [0, 0.05) is 54.6 Å². The highest BCUT2D eigenvalue weighted by molar-refractivity contribution is 6.30. The molecule has 150 valence electrons.